The Morgan fingerprint density at radius 2 is 1.68 bits per heavy atom. The van der Waals surface area contributed by atoms with Gasteiger partial charge in [0, 0.05) is 16.1 Å². The van der Waals surface area contributed by atoms with Crippen molar-refractivity contribution >= 4 is 50.1 Å². The minimum absolute atomic E-state index is 0.598. The van der Waals surface area contributed by atoms with Gasteiger partial charge in [-0.1, -0.05) is 18.2 Å². The molecule has 4 heteroatoms. The third-order valence-corrected chi connectivity index (χ3v) is 3.84. The van der Waals surface area contributed by atoms with Gasteiger partial charge in [0.05, 0.1) is 0 Å². The first-order chi connectivity index (χ1) is 9.31. The average molecular weight is 284 g/mol. The van der Waals surface area contributed by atoms with E-state index in [1.54, 1.807) is 11.3 Å². The van der Waals surface area contributed by atoms with Crippen molar-refractivity contribution in [3.05, 3.63) is 60.0 Å². The summed E-state index contributed by atoms with van der Waals surface area (Å²) in [5, 5.41) is 10.3. The van der Waals surface area contributed by atoms with E-state index < -0.39 is 0 Å². The van der Waals surface area contributed by atoms with Crippen molar-refractivity contribution in [1.82, 2.24) is 0 Å². The number of hydrogen-bond donors (Lipinski definition) is 2. The first kappa shape index (κ1) is 12.1. The van der Waals surface area contributed by atoms with Crippen molar-refractivity contribution in [2.45, 2.75) is 0 Å². The number of fused-ring (bicyclic) bond motifs is 1. The second-order valence-electron chi connectivity index (χ2n) is 4.12. The van der Waals surface area contributed by atoms with Gasteiger partial charge in [0.25, 0.3) is 0 Å². The SMILES string of the molecule is S=C(Nc1ccccc1)Nc1ccc2sccc2c1. The Morgan fingerprint density at radius 3 is 2.53 bits per heavy atom. The Kier molecular flexibility index (Phi) is 3.44. The van der Waals surface area contributed by atoms with Crippen molar-refractivity contribution < 1.29 is 0 Å². The Hall–Kier alpha value is -1.91. The van der Waals surface area contributed by atoms with Gasteiger partial charge in [-0.05, 0) is 59.4 Å². The number of anilines is 2. The highest BCUT2D eigenvalue weighted by Gasteiger charge is 2.00. The van der Waals surface area contributed by atoms with Crippen LogP contribution in [0.5, 0.6) is 0 Å². The fraction of sp³-hybridized carbons (Fsp3) is 0. The van der Waals surface area contributed by atoms with Gasteiger partial charge < -0.3 is 10.6 Å². The molecule has 3 rings (SSSR count). The summed E-state index contributed by atoms with van der Waals surface area (Å²) in [5.41, 5.74) is 1.98. The highest BCUT2D eigenvalue weighted by molar-refractivity contribution is 7.80. The highest BCUT2D eigenvalue weighted by Crippen LogP contribution is 2.24. The maximum Gasteiger partial charge on any atom is 0.175 e. The molecular formula is C15H12N2S2. The van der Waals surface area contributed by atoms with E-state index in [-0.39, 0.29) is 0 Å². The van der Waals surface area contributed by atoms with Gasteiger partial charge in [-0.2, -0.15) is 0 Å². The van der Waals surface area contributed by atoms with Crippen molar-refractivity contribution in [2.75, 3.05) is 10.6 Å². The van der Waals surface area contributed by atoms with E-state index in [1.807, 2.05) is 36.4 Å². The van der Waals surface area contributed by atoms with E-state index in [0.29, 0.717) is 5.11 Å². The average Bonchev–Trinajstić information content (AvgIpc) is 2.87. The number of rotatable bonds is 2. The van der Waals surface area contributed by atoms with Crippen LogP contribution in [-0.2, 0) is 0 Å². The normalized spacial score (nSPS) is 10.3. The molecule has 0 aliphatic heterocycles. The summed E-state index contributed by atoms with van der Waals surface area (Å²) in [6.07, 6.45) is 0. The predicted octanol–water partition coefficient (Wildman–Crippen LogP) is 4.71. The van der Waals surface area contributed by atoms with Crippen LogP contribution in [0.2, 0.25) is 0 Å². The smallest absolute Gasteiger partial charge is 0.175 e. The maximum absolute atomic E-state index is 5.30. The summed E-state index contributed by atoms with van der Waals surface area (Å²) in [6, 6.07) is 18.2. The number of para-hydroxylation sites is 1. The Morgan fingerprint density at radius 1 is 0.895 bits per heavy atom. The lowest BCUT2D eigenvalue weighted by Gasteiger charge is -2.10. The molecule has 0 saturated heterocycles. The van der Waals surface area contributed by atoms with E-state index in [2.05, 4.69) is 34.2 Å². The molecule has 1 heterocycles. The highest BCUT2D eigenvalue weighted by atomic mass is 32.1. The first-order valence-corrected chi connectivity index (χ1v) is 7.20. The number of nitrogens with one attached hydrogen (secondary N) is 2. The second kappa shape index (κ2) is 5.38. The number of thiocarbonyl (C=S) groups is 1. The fourth-order valence-electron chi connectivity index (χ4n) is 1.86. The van der Waals surface area contributed by atoms with Crippen LogP contribution in [-0.4, -0.2) is 5.11 Å². The van der Waals surface area contributed by atoms with Crippen LogP contribution in [0.15, 0.2) is 60.0 Å². The molecule has 0 aliphatic carbocycles. The van der Waals surface area contributed by atoms with Crippen molar-refractivity contribution in [1.29, 1.82) is 0 Å². The molecule has 0 amide bonds. The lowest BCUT2D eigenvalue weighted by atomic mass is 10.2. The molecule has 0 bridgehead atoms. The zero-order chi connectivity index (χ0) is 13.1. The third kappa shape index (κ3) is 2.92. The molecule has 2 nitrogen and oxygen atoms in total. The van der Waals surface area contributed by atoms with Crippen LogP contribution in [0, 0.1) is 0 Å². The van der Waals surface area contributed by atoms with Gasteiger partial charge in [-0.3, -0.25) is 0 Å². The predicted molar refractivity (Wildman–Crippen MR) is 88.1 cm³/mol. The third-order valence-electron chi connectivity index (χ3n) is 2.74. The molecule has 19 heavy (non-hydrogen) atoms. The number of hydrogen-bond acceptors (Lipinski definition) is 2. The minimum Gasteiger partial charge on any atom is -0.332 e. The van der Waals surface area contributed by atoms with E-state index in [9.17, 15) is 0 Å². The molecule has 0 radical (unpaired) electrons. The summed E-state index contributed by atoms with van der Waals surface area (Å²) >= 11 is 7.04. The van der Waals surface area contributed by atoms with Gasteiger partial charge >= 0.3 is 0 Å². The van der Waals surface area contributed by atoms with Crippen LogP contribution in [0.3, 0.4) is 0 Å². The zero-order valence-electron chi connectivity index (χ0n) is 10.1. The summed E-state index contributed by atoms with van der Waals surface area (Å²) in [4.78, 5) is 0. The van der Waals surface area contributed by atoms with E-state index >= 15 is 0 Å². The number of benzene rings is 2. The van der Waals surface area contributed by atoms with E-state index in [0.717, 1.165) is 11.4 Å². The van der Waals surface area contributed by atoms with E-state index in [4.69, 9.17) is 12.2 Å². The molecule has 0 atom stereocenters. The Bertz CT molecular complexity index is 704. The summed E-state index contributed by atoms with van der Waals surface area (Å²) in [5.74, 6) is 0. The molecule has 0 unspecified atom stereocenters. The Labute approximate surface area is 121 Å². The van der Waals surface area contributed by atoms with Crippen LogP contribution >= 0.6 is 23.6 Å². The van der Waals surface area contributed by atoms with Gasteiger partial charge in [0.15, 0.2) is 5.11 Å². The van der Waals surface area contributed by atoms with Crippen LogP contribution < -0.4 is 10.6 Å². The van der Waals surface area contributed by atoms with Gasteiger partial charge in [0.1, 0.15) is 0 Å². The van der Waals surface area contributed by atoms with Crippen LogP contribution in [0.25, 0.3) is 10.1 Å². The molecule has 2 aromatic carbocycles. The summed E-state index contributed by atoms with van der Waals surface area (Å²) < 4.78 is 1.28. The summed E-state index contributed by atoms with van der Waals surface area (Å²) in [6.45, 7) is 0. The van der Waals surface area contributed by atoms with Gasteiger partial charge in [-0.25, -0.2) is 0 Å². The monoisotopic (exact) mass is 284 g/mol. The molecule has 0 fully saturated rings. The minimum atomic E-state index is 0.598. The fourth-order valence-corrected chi connectivity index (χ4v) is 2.87. The van der Waals surface area contributed by atoms with Crippen LogP contribution in [0.4, 0.5) is 11.4 Å². The molecular weight excluding hydrogens is 272 g/mol. The molecule has 1 aromatic heterocycles. The second-order valence-corrected chi connectivity index (χ2v) is 5.47. The molecule has 3 aromatic rings. The molecule has 0 saturated carbocycles. The van der Waals surface area contributed by atoms with Gasteiger partial charge in [0.2, 0.25) is 0 Å². The molecule has 0 aliphatic rings. The number of thiophene rings is 1. The topological polar surface area (TPSA) is 24.1 Å². The van der Waals surface area contributed by atoms with Crippen molar-refractivity contribution in [2.24, 2.45) is 0 Å². The summed E-state index contributed by atoms with van der Waals surface area (Å²) in [7, 11) is 0. The first-order valence-electron chi connectivity index (χ1n) is 5.91. The molecule has 94 valence electrons. The molecule has 0 spiro atoms. The van der Waals surface area contributed by atoms with Crippen LogP contribution in [0.1, 0.15) is 0 Å². The molecule has 2 N–H and O–H groups in total. The van der Waals surface area contributed by atoms with Crippen molar-refractivity contribution in [3.63, 3.8) is 0 Å². The zero-order valence-corrected chi connectivity index (χ0v) is 11.7. The Balaban J connectivity index is 1.72. The maximum atomic E-state index is 5.30. The quantitative estimate of drug-likeness (QED) is 0.666. The lowest BCUT2D eigenvalue weighted by molar-refractivity contribution is 1.61. The van der Waals surface area contributed by atoms with Gasteiger partial charge in [-0.15, -0.1) is 11.3 Å². The van der Waals surface area contributed by atoms with E-state index in [1.165, 1.54) is 10.1 Å². The van der Waals surface area contributed by atoms with Crippen molar-refractivity contribution in [3.8, 4) is 0 Å². The standard InChI is InChI=1S/C15H12N2S2/c18-15(16-12-4-2-1-3-5-12)17-13-6-7-14-11(10-13)8-9-19-14/h1-10H,(H2,16,17,18). The largest absolute Gasteiger partial charge is 0.332 e. The lowest BCUT2D eigenvalue weighted by Crippen LogP contribution is -2.18.